The third-order valence-corrected chi connectivity index (χ3v) is 4.02. The molecule has 0 aliphatic heterocycles. The molecule has 1 heterocycles. The summed E-state index contributed by atoms with van der Waals surface area (Å²) < 4.78 is 37.8. The monoisotopic (exact) mass is 399 g/mol. The molecule has 0 spiro atoms. The van der Waals surface area contributed by atoms with Gasteiger partial charge in [-0.3, -0.25) is 14.6 Å². The second-order valence-corrected chi connectivity index (χ2v) is 6.22. The highest BCUT2D eigenvalue weighted by Crippen LogP contribution is 2.30. The Hall–Kier alpha value is -3.68. The normalized spacial score (nSPS) is 11.0. The molecule has 0 fully saturated rings. The summed E-state index contributed by atoms with van der Waals surface area (Å²) in [6.45, 7) is 1.47. The van der Waals surface area contributed by atoms with E-state index in [1.807, 2.05) is 0 Å². The van der Waals surface area contributed by atoms with Gasteiger partial charge in [0, 0.05) is 28.8 Å². The van der Waals surface area contributed by atoms with Gasteiger partial charge in [-0.15, -0.1) is 0 Å². The number of nitrogens with one attached hydrogen (secondary N) is 2. The number of carbonyl (C=O) groups excluding carboxylic acids is 2. The summed E-state index contributed by atoms with van der Waals surface area (Å²) in [5.41, 5.74) is 1.28. The summed E-state index contributed by atoms with van der Waals surface area (Å²) in [5, 5.41) is 5.60. The van der Waals surface area contributed by atoms with Gasteiger partial charge in [-0.25, -0.2) is 0 Å². The molecule has 2 aromatic carbocycles. The maximum atomic E-state index is 12.6. The molecular formula is C21H16F3N3O2. The van der Waals surface area contributed by atoms with Gasteiger partial charge in [0.2, 0.25) is 0 Å². The van der Waals surface area contributed by atoms with Gasteiger partial charge >= 0.3 is 6.18 Å². The van der Waals surface area contributed by atoms with E-state index in [2.05, 4.69) is 15.6 Å². The topological polar surface area (TPSA) is 71.1 Å². The molecule has 29 heavy (non-hydrogen) atoms. The average Bonchev–Trinajstić information content (AvgIpc) is 2.68. The summed E-state index contributed by atoms with van der Waals surface area (Å²) in [4.78, 5) is 27.9. The van der Waals surface area contributed by atoms with Crippen molar-refractivity contribution in [1.29, 1.82) is 0 Å². The zero-order chi connectivity index (χ0) is 21.0. The molecule has 3 rings (SSSR count). The van der Waals surface area contributed by atoms with E-state index in [1.54, 1.807) is 30.3 Å². The largest absolute Gasteiger partial charge is 0.416 e. The SMILES string of the molecule is CC(=O)c1cccc(Nc2ccnc(C(=O)Nc3ccc(C(F)(F)F)cc3)c2)c1. The Balaban J connectivity index is 1.72. The Morgan fingerprint density at radius 1 is 0.897 bits per heavy atom. The first-order valence-electron chi connectivity index (χ1n) is 8.55. The Labute approximate surface area is 164 Å². The molecule has 0 atom stereocenters. The van der Waals surface area contributed by atoms with Crippen LogP contribution < -0.4 is 10.6 Å². The Morgan fingerprint density at radius 3 is 2.24 bits per heavy atom. The lowest BCUT2D eigenvalue weighted by molar-refractivity contribution is -0.137. The summed E-state index contributed by atoms with van der Waals surface area (Å²) >= 11 is 0. The number of hydrogen-bond donors (Lipinski definition) is 2. The smallest absolute Gasteiger partial charge is 0.355 e. The maximum Gasteiger partial charge on any atom is 0.416 e. The van der Waals surface area contributed by atoms with Gasteiger partial charge in [0.15, 0.2) is 5.78 Å². The van der Waals surface area contributed by atoms with E-state index >= 15 is 0 Å². The van der Waals surface area contributed by atoms with E-state index in [0.29, 0.717) is 16.9 Å². The number of nitrogens with zero attached hydrogens (tertiary/aromatic N) is 1. The fourth-order valence-corrected chi connectivity index (χ4v) is 2.55. The van der Waals surface area contributed by atoms with Crippen LogP contribution >= 0.6 is 0 Å². The van der Waals surface area contributed by atoms with E-state index in [4.69, 9.17) is 0 Å². The number of Topliss-reactive ketones (excluding diaryl/α,β-unsaturated/α-hetero) is 1. The minimum atomic E-state index is -4.44. The predicted octanol–water partition coefficient (Wildman–Crippen LogP) is 5.30. The van der Waals surface area contributed by atoms with Gasteiger partial charge in [-0.05, 0) is 55.5 Å². The molecule has 0 saturated carbocycles. The second kappa shape index (κ2) is 8.14. The van der Waals surface area contributed by atoms with Gasteiger partial charge in [-0.1, -0.05) is 12.1 Å². The van der Waals surface area contributed by atoms with E-state index < -0.39 is 17.6 Å². The third-order valence-electron chi connectivity index (χ3n) is 4.02. The van der Waals surface area contributed by atoms with Crippen LogP contribution in [-0.4, -0.2) is 16.7 Å². The van der Waals surface area contributed by atoms with Crippen molar-refractivity contribution in [2.45, 2.75) is 13.1 Å². The predicted molar refractivity (Wildman–Crippen MR) is 103 cm³/mol. The van der Waals surface area contributed by atoms with Crippen LogP contribution in [0.25, 0.3) is 0 Å². The van der Waals surface area contributed by atoms with Crippen LogP contribution in [0.2, 0.25) is 0 Å². The van der Waals surface area contributed by atoms with Crippen LogP contribution in [0.4, 0.5) is 30.2 Å². The molecule has 8 heteroatoms. The minimum absolute atomic E-state index is 0.0695. The number of halogens is 3. The van der Waals surface area contributed by atoms with Crippen molar-refractivity contribution in [3.05, 3.63) is 83.7 Å². The van der Waals surface area contributed by atoms with Crippen molar-refractivity contribution in [1.82, 2.24) is 4.98 Å². The lowest BCUT2D eigenvalue weighted by atomic mass is 10.1. The molecule has 148 valence electrons. The van der Waals surface area contributed by atoms with Crippen molar-refractivity contribution in [2.24, 2.45) is 0 Å². The van der Waals surface area contributed by atoms with Crippen LogP contribution in [-0.2, 0) is 6.18 Å². The van der Waals surface area contributed by atoms with Crippen molar-refractivity contribution in [3.8, 4) is 0 Å². The number of anilines is 3. The Morgan fingerprint density at radius 2 is 1.59 bits per heavy atom. The highest BCUT2D eigenvalue weighted by atomic mass is 19.4. The molecule has 0 bridgehead atoms. The van der Waals surface area contributed by atoms with Crippen LogP contribution in [0.3, 0.4) is 0 Å². The first-order valence-corrected chi connectivity index (χ1v) is 8.55. The number of amides is 1. The first kappa shape index (κ1) is 20.1. The van der Waals surface area contributed by atoms with Crippen LogP contribution in [0.15, 0.2) is 66.9 Å². The number of rotatable bonds is 5. The second-order valence-electron chi connectivity index (χ2n) is 6.22. The zero-order valence-electron chi connectivity index (χ0n) is 15.2. The fourth-order valence-electron chi connectivity index (χ4n) is 2.55. The van der Waals surface area contributed by atoms with E-state index in [9.17, 15) is 22.8 Å². The van der Waals surface area contributed by atoms with Gasteiger partial charge < -0.3 is 10.6 Å². The molecule has 0 radical (unpaired) electrons. The van der Waals surface area contributed by atoms with Crippen LogP contribution in [0, 0.1) is 0 Å². The highest BCUT2D eigenvalue weighted by Gasteiger charge is 2.30. The Bertz CT molecular complexity index is 1050. The Kier molecular flexibility index (Phi) is 5.63. The van der Waals surface area contributed by atoms with Crippen LogP contribution in [0.5, 0.6) is 0 Å². The number of alkyl halides is 3. The number of ketones is 1. The average molecular weight is 399 g/mol. The molecule has 1 amide bonds. The summed E-state index contributed by atoms with van der Waals surface area (Å²) in [6, 6.07) is 14.2. The zero-order valence-corrected chi connectivity index (χ0v) is 15.2. The quantitative estimate of drug-likeness (QED) is 0.571. The van der Waals surface area contributed by atoms with E-state index in [0.717, 1.165) is 12.1 Å². The van der Waals surface area contributed by atoms with Crippen molar-refractivity contribution < 1.29 is 22.8 Å². The number of carbonyl (C=O) groups is 2. The third kappa shape index (κ3) is 5.19. The lowest BCUT2D eigenvalue weighted by Crippen LogP contribution is -2.14. The number of pyridine rings is 1. The van der Waals surface area contributed by atoms with Crippen molar-refractivity contribution in [2.75, 3.05) is 10.6 Å². The molecule has 3 aromatic rings. The number of aromatic nitrogens is 1. The minimum Gasteiger partial charge on any atom is -0.355 e. The van der Waals surface area contributed by atoms with Gasteiger partial charge in [-0.2, -0.15) is 13.2 Å². The summed E-state index contributed by atoms with van der Waals surface area (Å²) in [7, 11) is 0. The molecule has 0 aliphatic rings. The van der Waals surface area contributed by atoms with Crippen LogP contribution in [0.1, 0.15) is 33.3 Å². The summed E-state index contributed by atoms with van der Waals surface area (Å²) in [5.74, 6) is -0.633. The molecule has 0 aliphatic carbocycles. The summed E-state index contributed by atoms with van der Waals surface area (Å²) in [6.07, 6.45) is -3.01. The first-order chi connectivity index (χ1) is 13.7. The molecular weight excluding hydrogens is 383 g/mol. The van der Waals surface area contributed by atoms with E-state index in [-0.39, 0.29) is 17.2 Å². The molecule has 0 saturated heterocycles. The van der Waals surface area contributed by atoms with Gasteiger partial charge in [0.05, 0.1) is 5.56 Å². The lowest BCUT2D eigenvalue weighted by Gasteiger charge is -2.10. The molecule has 2 N–H and O–H groups in total. The fraction of sp³-hybridized carbons (Fsp3) is 0.0952. The molecule has 1 aromatic heterocycles. The molecule has 5 nitrogen and oxygen atoms in total. The van der Waals surface area contributed by atoms with Crippen molar-refractivity contribution in [3.63, 3.8) is 0 Å². The molecule has 0 unspecified atom stereocenters. The number of hydrogen-bond acceptors (Lipinski definition) is 4. The van der Waals surface area contributed by atoms with Gasteiger partial charge in [0.1, 0.15) is 5.69 Å². The van der Waals surface area contributed by atoms with E-state index in [1.165, 1.54) is 31.3 Å². The van der Waals surface area contributed by atoms with Crippen molar-refractivity contribution >= 4 is 28.8 Å². The maximum absolute atomic E-state index is 12.6. The standard InChI is InChI=1S/C21H16F3N3O2/c1-13(28)14-3-2-4-17(11-14)26-18-9-10-25-19(12-18)20(29)27-16-7-5-15(6-8-16)21(22,23)24/h2-12H,1H3,(H,25,26)(H,27,29). The van der Waals surface area contributed by atoms with Gasteiger partial charge in [0.25, 0.3) is 5.91 Å². The highest BCUT2D eigenvalue weighted by molar-refractivity contribution is 6.03. The number of benzene rings is 2.